The van der Waals surface area contributed by atoms with Crippen molar-refractivity contribution in [2.75, 3.05) is 12.9 Å². The summed E-state index contributed by atoms with van der Waals surface area (Å²) < 4.78 is 7.04. The molecule has 0 saturated heterocycles. The molecule has 0 spiro atoms. The van der Waals surface area contributed by atoms with E-state index in [4.69, 9.17) is 4.74 Å². The first-order chi connectivity index (χ1) is 13.3. The number of thioether (sulfide) groups is 1. The summed E-state index contributed by atoms with van der Waals surface area (Å²) in [6, 6.07) is 17.0. The maximum Gasteiger partial charge on any atom is 0.176 e. The monoisotopic (exact) mass is 376 g/mol. The SMILES string of the molecule is COc1ccccc1C(=O)CSc1ncnc2c1cnn2-c1ccccc1. The van der Waals surface area contributed by atoms with Crippen molar-refractivity contribution in [1.82, 2.24) is 19.7 Å². The Bertz CT molecular complexity index is 1100. The Balaban J connectivity index is 1.60. The molecular weight excluding hydrogens is 360 g/mol. The molecule has 4 aromatic rings. The van der Waals surface area contributed by atoms with Crippen LogP contribution < -0.4 is 4.74 Å². The molecule has 0 N–H and O–H groups in total. The van der Waals surface area contributed by atoms with Crippen molar-refractivity contribution in [3.8, 4) is 11.4 Å². The van der Waals surface area contributed by atoms with Gasteiger partial charge in [0.2, 0.25) is 0 Å². The van der Waals surface area contributed by atoms with Gasteiger partial charge < -0.3 is 4.74 Å². The summed E-state index contributed by atoms with van der Waals surface area (Å²) in [6.45, 7) is 0. The molecule has 2 aromatic heterocycles. The van der Waals surface area contributed by atoms with E-state index in [-0.39, 0.29) is 11.5 Å². The van der Waals surface area contributed by atoms with E-state index >= 15 is 0 Å². The van der Waals surface area contributed by atoms with Gasteiger partial charge in [-0.05, 0) is 24.3 Å². The van der Waals surface area contributed by atoms with E-state index in [1.165, 1.54) is 18.1 Å². The van der Waals surface area contributed by atoms with Gasteiger partial charge in [-0.1, -0.05) is 42.1 Å². The van der Waals surface area contributed by atoms with Crippen LogP contribution >= 0.6 is 11.8 Å². The molecule has 0 aliphatic carbocycles. The van der Waals surface area contributed by atoms with Gasteiger partial charge >= 0.3 is 0 Å². The number of Topliss-reactive ketones (excluding diaryl/α,β-unsaturated/α-hetero) is 1. The number of benzene rings is 2. The van der Waals surface area contributed by atoms with Crippen LogP contribution in [0.1, 0.15) is 10.4 Å². The number of hydrogen-bond donors (Lipinski definition) is 0. The van der Waals surface area contributed by atoms with E-state index in [0.29, 0.717) is 17.0 Å². The van der Waals surface area contributed by atoms with Gasteiger partial charge in [0.25, 0.3) is 0 Å². The number of rotatable bonds is 6. The van der Waals surface area contributed by atoms with E-state index in [2.05, 4.69) is 15.1 Å². The Hall–Kier alpha value is -3.19. The first kappa shape index (κ1) is 17.2. The number of methoxy groups -OCH3 is 1. The second-order valence-corrected chi connectivity index (χ2v) is 6.68. The predicted molar refractivity (Wildman–Crippen MR) is 105 cm³/mol. The molecule has 0 fully saturated rings. The van der Waals surface area contributed by atoms with E-state index in [1.54, 1.807) is 30.1 Å². The standard InChI is InChI=1S/C20H16N4O2S/c1-26-18-10-6-5-9-15(18)17(25)12-27-20-16-11-23-24(19(16)21-13-22-20)14-7-3-2-4-8-14/h2-11,13H,12H2,1H3. The van der Waals surface area contributed by atoms with Crippen LogP contribution in [-0.4, -0.2) is 38.4 Å². The zero-order valence-corrected chi connectivity index (χ0v) is 15.4. The Labute approximate surface area is 160 Å². The Morgan fingerprint density at radius 3 is 2.67 bits per heavy atom. The number of fused-ring (bicyclic) bond motifs is 1. The van der Waals surface area contributed by atoms with Crippen LogP contribution in [0.3, 0.4) is 0 Å². The highest BCUT2D eigenvalue weighted by Gasteiger charge is 2.15. The molecule has 0 bridgehead atoms. The van der Waals surface area contributed by atoms with Crippen LogP contribution in [0.4, 0.5) is 0 Å². The third-order valence-electron chi connectivity index (χ3n) is 4.08. The van der Waals surface area contributed by atoms with Crippen molar-refractivity contribution in [2.45, 2.75) is 5.03 Å². The smallest absolute Gasteiger partial charge is 0.176 e. The maximum absolute atomic E-state index is 12.6. The Morgan fingerprint density at radius 2 is 1.85 bits per heavy atom. The average Bonchev–Trinajstić information content (AvgIpc) is 3.17. The summed E-state index contributed by atoms with van der Waals surface area (Å²) >= 11 is 1.37. The Kier molecular flexibility index (Phi) is 4.84. The van der Waals surface area contributed by atoms with E-state index in [9.17, 15) is 4.79 Å². The normalized spacial score (nSPS) is 10.9. The lowest BCUT2D eigenvalue weighted by Gasteiger charge is -2.07. The fourth-order valence-electron chi connectivity index (χ4n) is 2.78. The fraction of sp³-hybridized carbons (Fsp3) is 0.100. The molecule has 134 valence electrons. The summed E-state index contributed by atoms with van der Waals surface area (Å²) in [6.07, 6.45) is 3.23. The minimum atomic E-state index is -0.0142. The summed E-state index contributed by atoms with van der Waals surface area (Å²) in [5.41, 5.74) is 2.20. The van der Waals surface area contributed by atoms with Crippen LogP contribution in [0.5, 0.6) is 5.75 Å². The molecule has 2 heterocycles. The second kappa shape index (κ2) is 7.59. The van der Waals surface area contributed by atoms with Gasteiger partial charge in [0.15, 0.2) is 11.4 Å². The predicted octanol–water partition coefficient (Wildman–Crippen LogP) is 3.80. The average molecular weight is 376 g/mol. The minimum absolute atomic E-state index is 0.0142. The Morgan fingerprint density at radius 1 is 1.07 bits per heavy atom. The van der Waals surface area contributed by atoms with Crippen molar-refractivity contribution in [3.63, 3.8) is 0 Å². The topological polar surface area (TPSA) is 69.9 Å². The number of hydrogen-bond acceptors (Lipinski definition) is 6. The highest BCUT2D eigenvalue weighted by atomic mass is 32.2. The molecule has 0 amide bonds. The first-order valence-electron chi connectivity index (χ1n) is 8.31. The number of carbonyl (C=O) groups excluding carboxylic acids is 1. The van der Waals surface area contributed by atoms with Gasteiger partial charge in [0.1, 0.15) is 17.1 Å². The maximum atomic E-state index is 12.6. The van der Waals surface area contributed by atoms with E-state index in [1.807, 2.05) is 42.5 Å². The highest BCUT2D eigenvalue weighted by molar-refractivity contribution is 8.00. The molecule has 2 aromatic carbocycles. The van der Waals surface area contributed by atoms with Crippen LogP contribution in [0.15, 0.2) is 72.1 Å². The van der Waals surface area contributed by atoms with Crippen molar-refractivity contribution < 1.29 is 9.53 Å². The molecule has 27 heavy (non-hydrogen) atoms. The number of ether oxygens (including phenoxy) is 1. The molecule has 0 aliphatic rings. The number of para-hydroxylation sites is 2. The number of aromatic nitrogens is 4. The van der Waals surface area contributed by atoms with Gasteiger partial charge in [0.05, 0.1) is 35.7 Å². The largest absolute Gasteiger partial charge is 0.496 e. The third-order valence-corrected chi connectivity index (χ3v) is 5.08. The van der Waals surface area contributed by atoms with Gasteiger partial charge in [-0.2, -0.15) is 5.10 Å². The summed E-state index contributed by atoms with van der Waals surface area (Å²) in [7, 11) is 1.56. The molecule has 4 rings (SSSR count). The van der Waals surface area contributed by atoms with E-state index < -0.39 is 0 Å². The third kappa shape index (κ3) is 3.41. The number of carbonyl (C=O) groups is 1. The number of ketones is 1. The summed E-state index contributed by atoms with van der Waals surface area (Å²) in [5.74, 6) is 0.815. The first-order valence-corrected chi connectivity index (χ1v) is 9.29. The minimum Gasteiger partial charge on any atom is -0.496 e. The molecule has 0 radical (unpaired) electrons. The summed E-state index contributed by atoms with van der Waals surface area (Å²) in [4.78, 5) is 21.3. The zero-order valence-electron chi connectivity index (χ0n) is 14.6. The molecule has 0 atom stereocenters. The van der Waals surface area contributed by atoms with Crippen LogP contribution in [0, 0.1) is 0 Å². The quantitative estimate of drug-likeness (QED) is 0.290. The second-order valence-electron chi connectivity index (χ2n) is 5.72. The van der Waals surface area contributed by atoms with Gasteiger partial charge in [0, 0.05) is 0 Å². The van der Waals surface area contributed by atoms with Gasteiger partial charge in [-0.25, -0.2) is 14.6 Å². The summed E-state index contributed by atoms with van der Waals surface area (Å²) in [5, 5.41) is 5.98. The fourth-order valence-corrected chi connectivity index (χ4v) is 3.63. The lowest BCUT2D eigenvalue weighted by Crippen LogP contribution is -2.05. The molecule has 0 saturated carbocycles. The number of nitrogens with zero attached hydrogens (tertiary/aromatic N) is 4. The van der Waals surface area contributed by atoms with Crippen molar-refractivity contribution in [2.24, 2.45) is 0 Å². The van der Waals surface area contributed by atoms with Crippen LogP contribution in [-0.2, 0) is 0 Å². The lowest BCUT2D eigenvalue weighted by atomic mass is 10.1. The molecule has 0 unspecified atom stereocenters. The molecule has 7 heteroatoms. The highest BCUT2D eigenvalue weighted by Crippen LogP contribution is 2.27. The van der Waals surface area contributed by atoms with Gasteiger partial charge in [-0.3, -0.25) is 4.79 Å². The van der Waals surface area contributed by atoms with Crippen molar-refractivity contribution in [3.05, 3.63) is 72.7 Å². The van der Waals surface area contributed by atoms with Crippen LogP contribution in [0.25, 0.3) is 16.7 Å². The molecule has 0 aliphatic heterocycles. The van der Waals surface area contributed by atoms with E-state index in [0.717, 1.165) is 16.1 Å². The van der Waals surface area contributed by atoms with Crippen LogP contribution in [0.2, 0.25) is 0 Å². The zero-order chi connectivity index (χ0) is 18.6. The lowest BCUT2D eigenvalue weighted by molar-refractivity contribution is 0.101. The van der Waals surface area contributed by atoms with Crippen molar-refractivity contribution >= 4 is 28.6 Å². The van der Waals surface area contributed by atoms with Gasteiger partial charge in [-0.15, -0.1) is 0 Å². The molecular formula is C20H16N4O2S. The molecule has 6 nitrogen and oxygen atoms in total. The van der Waals surface area contributed by atoms with Crippen molar-refractivity contribution in [1.29, 1.82) is 0 Å².